The molecular weight excluding hydrogens is 384 g/mol. The molecule has 29 heavy (non-hydrogen) atoms. The van der Waals surface area contributed by atoms with Gasteiger partial charge in [-0.3, -0.25) is 4.79 Å². The fraction of sp³-hybridized carbons (Fsp3) is 0.292. The molecule has 3 aromatic rings. The number of carbonyl (C=O) groups excluding carboxylic acids is 1. The van der Waals surface area contributed by atoms with Gasteiger partial charge in [-0.1, -0.05) is 54.1 Å². The SMILES string of the molecule is COCCCN(Cc1cccn1Cc1cccc(Cl)c1)C(=O)Cc1ccccc1. The van der Waals surface area contributed by atoms with Crippen LogP contribution in [0.15, 0.2) is 72.9 Å². The number of halogens is 1. The van der Waals surface area contributed by atoms with Gasteiger partial charge >= 0.3 is 0 Å². The van der Waals surface area contributed by atoms with Crippen LogP contribution < -0.4 is 0 Å². The van der Waals surface area contributed by atoms with Gasteiger partial charge in [-0.25, -0.2) is 0 Å². The minimum absolute atomic E-state index is 0.128. The highest BCUT2D eigenvalue weighted by molar-refractivity contribution is 6.30. The maximum Gasteiger partial charge on any atom is 0.227 e. The summed E-state index contributed by atoms with van der Waals surface area (Å²) in [5, 5.41) is 0.732. The Kier molecular flexibility index (Phi) is 7.91. The van der Waals surface area contributed by atoms with Gasteiger partial charge in [0.05, 0.1) is 13.0 Å². The first-order chi connectivity index (χ1) is 14.2. The summed E-state index contributed by atoms with van der Waals surface area (Å²) in [7, 11) is 1.69. The third kappa shape index (κ3) is 6.48. The zero-order valence-corrected chi connectivity index (χ0v) is 17.5. The lowest BCUT2D eigenvalue weighted by Crippen LogP contribution is -2.34. The van der Waals surface area contributed by atoms with Crippen LogP contribution in [0.4, 0.5) is 0 Å². The highest BCUT2D eigenvalue weighted by Gasteiger charge is 2.16. The third-order valence-corrected chi connectivity index (χ3v) is 5.08. The Labute approximate surface area is 177 Å². The quantitative estimate of drug-likeness (QED) is 0.450. The van der Waals surface area contributed by atoms with Gasteiger partial charge in [-0.05, 0) is 41.8 Å². The normalized spacial score (nSPS) is 10.8. The first-order valence-corrected chi connectivity index (χ1v) is 10.2. The largest absolute Gasteiger partial charge is 0.385 e. The topological polar surface area (TPSA) is 34.5 Å². The second kappa shape index (κ2) is 10.8. The predicted molar refractivity (Wildman–Crippen MR) is 117 cm³/mol. The van der Waals surface area contributed by atoms with Crippen molar-refractivity contribution < 1.29 is 9.53 Å². The average Bonchev–Trinajstić information content (AvgIpc) is 3.14. The molecule has 0 radical (unpaired) electrons. The monoisotopic (exact) mass is 410 g/mol. The Hall–Kier alpha value is -2.56. The van der Waals surface area contributed by atoms with Crippen molar-refractivity contribution >= 4 is 17.5 Å². The molecule has 1 heterocycles. The minimum Gasteiger partial charge on any atom is -0.385 e. The van der Waals surface area contributed by atoms with Crippen molar-refractivity contribution in [2.24, 2.45) is 0 Å². The van der Waals surface area contributed by atoms with Crippen molar-refractivity contribution in [3.63, 3.8) is 0 Å². The summed E-state index contributed by atoms with van der Waals surface area (Å²) < 4.78 is 7.36. The average molecular weight is 411 g/mol. The van der Waals surface area contributed by atoms with Gasteiger partial charge in [-0.15, -0.1) is 0 Å². The van der Waals surface area contributed by atoms with Crippen molar-refractivity contribution in [3.8, 4) is 0 Å². The molecule has 0 bridgehead atoms. The smallest absolute Gasteiger partial charge is 0.227 e. The molecule has 4 nitrogen and oxygen atoms in total. The summed E-state index contributed by atoms with van der Waals surface area (Å²) in [6, 6.07) is 21.9. The van der Waals surface area contributed by atoms with E-state index in [9.17, 15) is 4.79 Å². The van der Waals surface area contributed by atoms with Crippen LogP contribution in [0, 0.1) is 0 Å². The van der Waals surface area contributed by atoms with Crippen LogP contribution in [-0.4, -0.2) is 35.6 Å². The lowest BCUT2D eigenvalue weighted by Gasteiger charge is -2.24. The number of ether oxygens (including phenoxy) is 1. The van der Waals surface area contributed by atoms with Gasteiger partial charge in [0.1, 0.15) is 0 Å². The first kappa shape index (κ1) is 21.2. The maximum atomic E-state index is 13.0. The molecule has 5 heteroatoms. The van der Waals surface area contributed by atoms with Crippen molar-refractivity contribution in [2.45, 2.75) is 25.9 Å². The van der Waals surface area contributed by atoms with Crippen LogP contribution in [-0.2, 0) is 29.0 Å². The van der Waals surface area contributed by atoms with E-state index in [-0.39, 0.29) is 5.91 Å². The van der Waals surface area contributed by atoms with Gasteiger partial charge in [0, 0.05) is 43.7 Å². The van der Waals surface area contributed by atoms with E-state index in [1.54, 1.807) is 7.11 Å². The second-order valence-corrected chi connectivity index (χ2v) is 7.52. The summed E-state index contributed by atoms with van der Waals surface area (Å²) in [6.07, 6.45) is 3.26. The third-order valence-electron chi connectivity index (χ3n) is 4.85. The minimum atomic E-state index is 0.128. The summed E-state index contributed by atoms with van der Waals surface area (Å²) in [5.74, 6) is 0.128. The van der Waals surface area contributed by atoms with Gasteiger partial charge in [0.2, 0.25) is 5.91 Å². The summed E-state index contributed by atoms with van der Waals surface area (Å²) in [6.45, 7) is 2.60. The van der Waals surface area contributed by atoms with Crippen LogP contribution in [0.1, 0.15) is 23.2 Å². The number of rotatable bonds is 10. The van der Waals surface area contributed by atoms with Gasteiger partial charge < -0.3 is 14.2 Å². The highest BCUT2D eigenvalue weighted by atomic mass is 35.5. The molecule has 1 amide bonds. The van der Waals surface area contributed by atoms with Gasteiger partial charge in [-0.2, -0.15) is 0 Å². The van der Waals surface area contributed by atoms with E-state index in [1.807, 2.05) is 65.7 Å². The molecule has 0 N–H and O–H groups in total. The molecule has 0 spiro atoms. The number of hydrogen-bond acceptors (Lipinski definition) is 2. The van der Waals surface area contributed by atoms with Gasteiger partial charge in [0.25, 0.3) is 0 Å². The van der Waals surface area contributed by atoms with Crippen molar-refractivity contribution in [1.29, 1.82) is 0 Å². The summed E-state index contributed by atoms with van der Waals surface area (Å²) >= 11 is 6.12. The second-order valence-electron chi connectivity index (χ2n) is 7.08. The molecule has 0 fully saturated rings. The Morgan fingerprint density at radius 2 is 1.83 bits per heavy atom. The fourth-order valence-electron chi connectivity index (χ4n) is 3.35. The number of benzene rings is 2. The molecule has 3 rings (SSSR count). The van der Waals surface area contributed by atoms with Crippen molar-refractivity contribution in [3.05, 3.63) is 94.8 Å². The Balaban J connectivity index is 1.72. The van der Waals surface area contributed by atoms with Crippen LogP contribution in [0.25, 0.3) is 0 Å². The molecule has 152 valence electrons. The first-order valence-electron chi connectivity index (χ1n) is 9.85. The zero-order chi connectivity index (χ0) is 20.5. The van der Waals surface area contributed by atoms with Crippen LogP contribution in [0.2, 0.25) is 5.02 Å². The van der Waals surface area contributed by atoms with Crippen LogP contribution >= 0.6 is 11.6 Å². The number of carbonyl (C=O) groups is 1. The number of nitrogens with zero attached hydrogens (tertiary/aromatic N) is 2. The van der Waals surface area contributed by atoms with E-state index in [2.05, 4.69) is 16.7 Å². The Morgan fingerprint density at radius 1 is 1.03 bits per heavy atom. The van der Waals surface area contributed by atoms with E-state index >= 15 is 0 Å². The Morgan fingerprint density at radius 3 is 2.59 bits per heavy atom. The summed E-state index contributed by atoms with van der Waals surface area (Å²) in [4.78, 5) is 14.9. The highest BCUT2D eigenvalue weighted by Crippen LogP contribution is 2.15. The van der Waals surface area contributed by atoms with E-state index in [4.69, 9.17) is 16.3 Å². The molecule has 0 aliphatic rings. The molecule has 0 saturated carbocycles. The number of aromatic nitrogens is 1. The standard InChI is InChI=1S/C24H27ClN2O2/c1-29-15-7-14-27(24(28)17-20-8-3-2-4-9-20)19-23-12-6-13-26(23)18-21-10-5-11-22(25)16-21/h2-6,8-13,16H,7,14-15,17-19H2,1H3. The van der Waals surface area contributed by atoms with Crippen molar-refractivity contribution in [2.75, 3.05) is 20.3 Å². The predicted octanol–water partition coefficient (Wildman–Crippen LogP) is 4.80. The lowest BCUT2D eigenvalue weighted by atomic mass is 10.1. The number of methoxy groups -OCH3 is 1. The molecular formula is C24H27ClN2O2. The summed E-state index contributed by atoms with van der Waals surface area (Å²) in [5.41, 5.74) is 3.27. The van der Waals surface area contributed by atoms with Crippen LogP contribution in [0.5, 0.6) is 0 Å². The molecule has 0 saturated heterocycles. The number of amides is 1. The van der Waals surface area contributed by atoms with Gasteiger partial charge in [0.15, 0.2) is 0 Å². The van der Waals surface area contributed by atoms with E-state index in [0.717, 1.165) is 34.8 Å². The molecule has 0 aliphatic carbocycles. The van der Waals surface area contributed by atoms with E-state index in [1.165, 1.54) is 0 Å². The zero-order valence-electron chi connectivity index (χ0n) is 16.8. The molecule has 0 unspecified atom stereocenters. The number of hydrogen-bond donors (Lipinski definition) is 0. The van der Waals surface area contributed by atoms with E-state index < -0.39 is 0 Å². The fourth-order valence-corrected chi connectivity index (χ4v) is 3.56. The molecule has 0 aliphatic heterocycles. The molecule has 1 aromatic heterocycles. The molecule has 0 atom stereocenters. The van der Waals surface area contributed by atoms with E-state index in [0.29, 0.717) is 26.1 Å². The lowest BCUT2D eigenvalue weighted by molar-refractivity contribution is -0.131. The van der Waals surface area contributed by atoms with Crippen LogP contribution in [0.3, 0.4) is 0 Å². The van der Waals surface area contributed by atoms with Crippen molar-refractivity contribution in [1.82, 2.24) is 9.47 Å². The Bertz CT molecular complexity index is 908. The molecule has 2 aromatic carbocycles. The maximum absolute atomic E-state index is 13.0.